The number of benzene rings is 1. The molecule has 0 atom stereocenters. The fraction of sp³-hybridized carbons (Fsp3) is 0.0769. The van der Waals surface area contributed by atoms with Crippen LogP contribution in [0.15, 0.2) is 36.8 Å². The van der Waals surface area contributed by atoms with Crippen LogP contribution in [0.5, 0.6) is 0 Å². The highest BCUT2D eigenvalue weighted by molar-refractivity contribution is 5.88. The van der Waals surface area contributed by atoms with Gasteiger partial charge in [-0.1, -0.05) is 17.7 Å². The van der Waals surface area contributed by atoms with Crippen LogP contribution >= 0.6 is 0 Å². The highest BCUT2D eigenvalue weighted by Crippen LogP contribution is 2.21. The van der Waals surface area contributed by atoms with Crippen LogP contribution in [0.25, 0.3) is 16.7 Å². The summed E-state index contributed by atoms with van der Waals surface area (Å²) in [7, 11) is 0. The van der Waals surface area contributed by atoms with Crippen molar-refractivity contribution in [2.75, 3.05) is 5.43 Å². The van der Waals surface area contributed by atoms with Gasteiger partial charge in [0.2, 0.25) is 0 Å². The van der Waals surface area contributed by atoms with Gasteiger partial charge in [0.1, 0.15) is 6.33 Å². The molecular formula is C13H13N7O. The molecule has 0 aliphatic rings. The first kappa shape index (κ1) is 12.9. The van der Waals surface area contributed by atoms with Gasteiger partial charge in [-0.3, -0.25) is 10.9 Å². The predicted molar refractivity (Wildman–Crippen MR) is 77.7 cm³/mol. The SMILES string of the molecule is Cc1ccc(-n2ncc3c(NNC(N)=O)ncnc32)cc1. The first-order valence-corrected chi connectivity index (χ1v) is 6.22. The van der Waals surface area contributed by atoms with E-state index in [9.17, 15) is 4.79 Å². The zero-order chi connectivity index (χ0) is 14.8. The number of urea groups is 1. The lowest BCUT2D eigenvalue weighted by Crippen LogP contribution is -2.34. The first-order chi connectivity index (χ1) is 10.1. The van der Waals surface area contributed by atoms with Gasteiger partial charge in [0.05, 0.1) is 17.3 Å². The quantitative estimate of drug-likeness (QED) is 0.624. The topological polar surface area (TPSA) is 111 Å². The fourth-order valence-corrected chi connectivity index (χ4v) is 1.94. The van der Waals surface area contributed by atoms with E-state index in [4.69, 9.17) is 5.73 Å². The van der Waals surface area contributed by atoms with Gasteiger partial charge in [-0.25, -0.2) is 19.4 Å². The van der Waals surface area contributed by atoms with E-state index in [1.54, 1.807) is 10.9 Å². The number of nitrogens with two attached hydrogens (primary N) is 1. The molecule has 2 amide bonds. The van der Waals surface area contributed by atoms with Gasteiger partial charge in [0, 0.05) is 0 Å². The van der Waals surface area contributed by atoms with Crippen LogP contribution in [0.4, 0.5) is 10.6 Å². The minimum atomic E-state index is -0.701. The summed E-state index contributed by atoms with van der Waals surface area (Å²) in [5.41, 5.74) is 12.6. The highest BCUT2D eigenvalue weighted by atomic mass is 16.2. The van der Waals surface area contributed by atoms with Crippen LogP contribution in [0.2, 0.25) is 0 Å². The number of hydrogen-bond donors (Lipinski definition) is 3. The smallest absolute Gasteiger partial charge is 0.330 e. The number of carbonyl (C=O) groups excluding carboxylic acids is 1. The summed E-state index contributed by atoms with van der Waals surface area (Å²) in [6.45, 7) is 2.02. The third-order valence-corrected chi connectivity index (χ3v) is 2.95. The van der Waals surface area contributed by atoms with Crippen molar-refractivity contribution in [1.29, 1.82) is 0 Å². The van der Waals surface area contributed by atoms with Crippen molar-refractivity contribution in [3.8, 4) is 5.69 Å². The Morgan fingerprint density at radius 3 is 2.71 bits per heavy atom. The normalized spacial score (nSPS) is 10.5. The lowest BCUT2D eigenvalue weighted by Gasteiger charge is -2.06. The van der Waals surface area contributed by atoms with Crippen molar-refractivity contribution < 1.29 is 4.79 Å². The Hall–Kier alpha value is -3.16. The molecular weight excluding hydrogens is 270 g/mol. The van der Waals surface area contributed by atoms with E-state index < -0.39 is 6.03 Å². The second kappa shape index (κ2) is 5.08. The molecule has 0 spiro atoms. The maximum atomic E-state index is 10.8. The lowest BCUT2D eigenvalue weighted by atomic mass is 10.2. The van der Waals surface area contributed by atoms with Crippen LogP contribution in [-0.4, -0.2) is 25.8 Å². The van der Waals surface area contributed by atoms with Gasteiger partial charge < -0.3 is 5.73 Å². The summed E-state index contributed by atoms with van der Waals surface area (Å²) in [5, 5.41) is 4.99. The zero-order valence-electron chi connectivity index (χ0n) is 11.2. The monoisotopic (exact) mass is 283 g/mol. The largest absolute Gasteiger partial charge is 0.350 e. The predicted octanol–water partition coefficient (Wildman–Crippen LogP) is 1.12. The van der Waals surface area contributed by atoms with Crippen LogP contribution < -0.4 is 16.6 Å². The number of nitrogens with one attached hydrogen (secondary N) is 2. The molecule has 3 aromatic rings. The van der Waals surface area contributed by atoms with Crippen molar-refractivity contribution in [3.05, 3.63) is 42.4 Å². The first-order valence-electron chi connectivity index (χ1n) is 6.22. The van der Waals surface area contributed by atoms with Gasteiger partial charge in [0.15, 0.2) is 11.5 Å². The zero-order valence-corrected chi connectivity index (χ0v) is 11.2. The molecule has 21 heavy (non-hydrogen) atoms. The van der Waals surface area contributed by atoms with Gasteiger partial charge in [-0.15, -0.1) is 0 Å². The van der Waals surface area contributed by atoms with Crippen LogP contribution in [0, 0.1) is 6.92 Å². The van der Waals surface area contributed by atoms with Crippen molar-refractivity contribution in [3.63, 3.8) is 0 Å². The van der Waals surface area contributed by atoms with Gasteiger partial charge in [0.25, 0.3) is 0 Å². The van der Waals surface area contributed by atoms with Crippen molar-refractivity contribution >= 4 is 22.9 Å². The molecule has 1 aromatic carbocycles. The number of anilines is 1. The fourth-order valence-electron chi connectivity index (χ4n) is 1.94. The Bertz CT molecular complexity index is 794. The lowest BCUT2D eigenvalue weighted by molar-refractivity contribution is 0.250. The average Bonchev–Trinajstić information content (AvgIpc) is 2.90. The minimum absolute atomic E-state index is 0.428. The molecule has 0 bridgehead atoms. The summed E-state index contributed by atoms with van der Waals surface area (Å²) in [6, 6.07) is 7.21. The second-order valence-electron chi connectivity index (χ2n) is 4.47. The van der Waals surface area contributed by atoms with E-state index in [1.807, 2.05) is 31.2 Å². The molecule has 0 fully saturated rings. The Labute approximate surface area is 120 Å². The van der Waals surface area contributed by atoms with Crippen LogP contribution in [0.1, 0.15) is 5.56 Å². The summed E-state index contributed by atoms with van der Waals surface area (Å²) in [5.74, 6) is 0.428. The van der Waals surface area contributed by atoms with E-state index in [2.05, 4.69) is 25.9 Å². The Morgan fingerprint density at radius 2 is 2.00 bits per heavy atom. The number of aryl methyl sites for hydroxylation is 1. The van der Waals surface area contributed by atoms with Crippen LogP contribution in [-0.2, 0) is 0 Å². The second-order valence-corrected chi connectivity index (χ2v) is 4.47. The Morgan fingerprint density at radius 1 is 1.24 bits per heavy atom. The molecule has 106 valence electrons. The van der Waals surface area contributed by atoms with Crippen molar-refractivity contribution in [2.45, 2.75) is 6.92 Å². The number of carbonyl (C=O) groups is 1. The molecule has 0 unspecified atom stereocenters. The number of primary amides is 1. The van der Waals surface area contributed by atoms with Crippen LogP contribution in [0.3, 0.4) is 0 Å². The maximum absolute atomic E-state index is 10.8. The van der Waals surface area contributed by atoms with E-state index in [1.165, 1.54) is 6.33 Å². The van der Waals surface area contributed by atoms with Crippen molar-refractivity contribution in [1.82, 2.24) is 25.2 Å². The molecule has 0 aliphatic heterocycles. The molecule has 4 N–H and O–H groups in total. The Balaban J connectivity index is 2.04. The third kappa shape index (κ3) is 2.46. The van der Waals surface area contributed by atoms with E-state index in [0.717, 1.165) is 11.3 Å². The molecule has 0 radical (unpaired) electrons. The summed E-state index contributed by atoms with van der Waals surface area (Å²) in [6.07, 6.45) is 3.01. The standard InChI is InChI=1S/C13H13N7O/c1-8-2-4-9(5-3-8)20-12-10(6-17-20)11(15-7-16-12)18-19-13(14)21/h2-7H,1H3,(H3,14,19,21)(H,15,16,18). The summed E-state index contributed by atoms with van der Waals surface area (Å²) >= 11 is 0. The summed E-state index contributed by atoms with van der Waals surface area (Å²) < 4.78 is 1.70. The Kier molecular flexibility index (Phi) is 3.11. The number of fused-ring (bicyclic) bond motifs is 1. The minimum Gasteiger partial charge on any atom is -0.350 e. The average molecular weight is 283 g/mol. The van der Waals surface area contributed by atoms with Crippen molar-refractivity contribution in [2.24, 2.45) is 5.73 Å². The third-order valence-electron chi connectivity index (χ3n) is 2.95. The molecule has 2 heterocycles. The number of hydrazine groups is 1. The number of amides is 2. The number of hydrogen-bond acceptors (Lipinski definition) is 5. The van der Waals surface area contributed by atoms with Gasteiger partial charge >= 0.3 is 6.03 Å². The van der Waals surface area contributed by atoms with E-state index in [-0.39, 0.29) is 0 Å². The number of nitrogens with zero attached hydrogens (tertiary/aromatic N) is 4. The van der Waals surface area contributed by atoms with E-state index in [0.29, 0.717) is 16.9 Å². The van der Waals surface area contributed by atoms with Gasteiger partial charge in [-0.2, -0.15) is 5.10 Å². The number of aromatic nitrogens is 4. The number of rotatable bonds is 3. The molecule has 3 rings (SSSR count). The molecule has 2 aromatic heterocycles. The molecule has 0 aliphatic carbocycles. The molecule has 0 saturated carbocycles. The molecule has 8 heteroatoms. The van der Waals surface area contributed by atoms with E-state index >= 15 is 0 Å². The van der Waals surface area contributed by atoms with Gasteiger partial charge in [-0.05, 0) is 19.1 Å². The molecule has 8 nitrogen and oxygen atoms in total. The molecule has 0 saturated heterocycles. The highest BCUT2D eigenvalue weighted by Gasteiger charge is 2.11. The maximum Gasteiger partial charge on any atom is 0.330 e. The summed E-state index contributed by atoms with van der Waals surface area (Å²) in [4.78, 5) is 19.0.